The summed E-state index contributed by atoms with van der Waals surface area (Å²) in [6.45, 7) is 4.65. The Labute approximate surface area is 122 Å². The molecule has 2 atom stereocenters. The predicted molar refractivity (Wildman–Crippen MR) is 85.3 cm³/mol. The van der Waals surface area contributed by atoms with Gasteiger partial charge in [-0.25, -0.2) is 4.98 Å². The summed E-state index contributed by atoms with van der Waals surface area (Å²) in [5.41, 5.74) is 1.19. The van der Waals surface area contributed by atoms with Crippen LogP contribution in [-0.2, 0) is 0 Å². The van der Waals surface area contributed by atoms with Gasteiger partial charge < -0.3 is 10.2 Å². The molecule has 2 unspecified atom stereocenters. The SMILES string of the molecule is CCC1CCCCC1Nc1ccc(N2CCCC2)nc1. The molecule has 1 N–H and O–H groups in total. The van der Waals surface area contributed by atoms with Gasteiger partial charge in [0.2, 0.25) is 0 Å². The van der Waals surface area contributed by atoms with Gasteiger partial charge in [-0.1, -0.05) is 26.2 Å². The maximum atomic E-state index is 4.64. The van der Waals surface area contributed by atoms with E-state index in [0.29, 0.717) is 6.04 Å². The van der Waals surface area contributed by atoms with E-state index in [9.17, 15) is 0 Å². The quantitative estimate of drug-likeness (QED) is 0.896. The molecular weight excluding hydrogens is 246 g/mol. The van der Waals surface area contributed by atoms with Crippen LogP contribution in [0.1, 0.15) is 51.9 Å². The van der Waals surface area contributed by atoms with Crippen LogP contribution in [0.15, 0.2) is 18.3 Å². The zero-order valence-electron chi connectivity index (χ0n) is 12.6. The van der Waals surface area contributed by atoms with Crippen molar-refractivity contribution in [3.05, 3.63) is 18.3 Å². The van der Waals surface area contributed by atoms with E-state index in [1.165, 1.54) is 63.7 Å². The largest absolute Gasteiger partial charge is 0.381 e. The number of hydrogen-bond donors (Lipinski definition) is 1. The predicted octanol–water partition coefficient (Wildman–Crippen LogP) is 4.06. The molecule has 0 spiro atoms. The minimum atomic E-state index is 0.646. The molecule has 110 valence electrons. The van der Waals surface area contributed by atoms with Crippen LogP contribution in [0, 0.1) is 5.92 Å². The van der Waals surface area contributed by atoms with Crippen LogP contribution in [0.25, 0.3) is 0 Å². The van der Waals surface area contributed by atoms with E-state index in [2.05, 4.69) is 34.3 Å². The third-order valence-electron chi connectivity index (χ3n) is 4.96. The smallest absolute Gasteiger partial charge is 0.128 e. The van der Waals surface area contributed by atoms with Crippen molar-refractivity contribution in [1.29, 1.82) is 0 Å². The topological polar surface area (TPSA) is 28.2 Å². The molecule has 0 aromatic carbocycles. The van der Waals surface area contributed by atoms with Gasteiger partial charge >= 0.3 is 0 Å². The minimum absolute atomic E-state index is 0.646. The summed E-state index contributed by atoms with van der Waals surface area (Å²) in [7, 11) is 0. The molecule has 2 aliphatic rings. The first-order chi connectivity index (χ1) is 9.86. The number of anilines is 2. The molecule has 3 rings (SSSR count). The van der Waals surface area contributed by atoms with E-state index >= 15 is 0 Å². The first-order valence-corrected chi connectivity index (χ1v) is 8.34. The molecule has 3 nitrogen and oxygen atoms in total. The third kappa shape index (κ3) is 3.08. The average Bonchev–Trinajstić information content (AvgIpc) is 3.03. The zero-order valence-corrected chi connectivity index (χ0v) is 12.6. The summed E-state index contributed by atoms with van der Waals surface area (Å²) in [5, 5.41) is 3.72. The molecule has 3 heteroatoms. The van der Waals surface area contributed by atoms with Crippen LogP contribution in [0.5, 0.6) is 0 Å². The maximum Gasteiger partial charge on any atom is 0.128 e. The van der Waals surface area contributed by atoms with E-state index in [1.807, 2.05) is 6.20 Å². The number of hydrogen-bond acceptors (Lipinski definition) is 3. The van der Waals surface area contributed by atoms with Crippen LogP contribution in [0.4, 0.5) is 11.5 Å². The highest BCUT2D eigenvalue weighted by Gasteiger charge is 2.23. The molecule has 1 saturated heterocycles. The molecular formula is C17H27N3. The fraction of sp³-hybridized carbons (Fsp3) is 0.706. The molecule has 20 heavy (non-hydrogen) atoms. The molecule has 0 bridgehead atoms. The van der Waals surface area contributed by atoms with Crippen molar-refractivity contribution in [1.82, 2.24) is 4.98 Å². The first-order valence-electron chi connectivity index (χ1n) is 8.34. The Morgan fingerprint density at radius 2 is 1.95 bits per heavy atom. The van der Waals surface area contributed by atoms with Gasteiger partial charge in [-0.2, -0.15) is 0 Å². The number of nitrogens with one attached hydrogen (secondary N) is 1. The molecule has 2 heterocycles. The van der Waals surface area contributed by atoms with Gasteiger partial charge in [0.1, 0.15) is 5.82 Å². The Hall–Kier alpha value is -1.25. The summed E-state index contributed by atoms with van der Waals surface area (Å²) in [6, 6.07) is 5.03. The lowest BCUT2D eigenvalue weighted by Gasteiger charge is -2.32. The van der Waals surface area contributed by atoms with Crippen LogP contribution in [0.3, 0.4) is 0 Å². The number of pyridine rings is 1. The van der Waals surface area contributed by atoms with E-state index in [4.69, 9.17) is 0 Å². The highest BCUT2D eigenvalue weighted by Crippen LogP contribution is 2.29. The summed E-state index contributed by atoms with van der Waals surface area (Å²) in [4.78, 5) is 7.03. The molecule has 1 aromatic heterocycles. The average molecular weight is 273 g/mol. The van der Waals surface area contributed by atoms with Gasteiger partial charge in [0.15, 0.2) is 0 Å². The van der Waals surface area contributed by atoms with Crippen LogP contribution >= 0.6 is 0 Å². The second kappa shape index (κ2) is 6.47. The summed E-state index contributed by atoms with van der Waals surface area (Å²) >= 11 is 0. The highest BCUT2D eigenvalue weighted by atomic mass is 15.2. The molecule has 0 amide bonds. The Bertz CT molecular complexity index is 409. The standard InChI is InChI=1S/C17H27N3/c1-2-14-7-3-4-8-16(14)19-15-9-10-17(18-13-15)20-11-5-6-12-20/h9-10,13-14,16,19H,2-8,11-12H2,1H3. The number of aromatic nitrogens is 1. The van der Waals surface area contributed by atoms with Gasteiger partial charge in [0.25, 0.3) is 0 Å². The Morgan fingerprint density at radius 3 is 2.65 bits per heavy atom. The van der Waals surface area contributed by atoms with Crippen LogP contribution in [0.2, 0.25) is 0 Å². The van der Waals surface area contributed by atoms with Gasteiger partial charge in [0.05, 0.1) is 11.9 Å². The molecule has 1 aliphatic carbocycles. The van der Waals surface area contributed by atoms with Crippen molar-refractivity contribution >= 4 is 11.5 Å². The van der Waals surface area contributed by atoms with Gasteiger partial charge in [-0.05, 0) is 43.7 Å². The molecule has 0 radical (unpaired) electrons. The lowest BCUT2D eigenvalue weighted by atomic mass is 9.83. The maximum absolute atomic E-state index is 4.64. The van der Waals surface area contributed by atoms with Crippen molar-refractivity contribution < 1.29 is 0 Å². The van der Waals surface area contributed by atoms with Gasteiger partial charge in [-0.15, -0.1) is 0 Å². The fourth-order valence-electron chi connectivity index (χ4n) is 3.71. The van der Waals surface area contributed by atoms with E-state index in [1.54, 1.807) is 0 Å². The normalized spacial score (nSPS) is 26.8. The highest BCUT2D eigenvalue weighted by molar-refractivity contribution is 5.49. The molecule has 1 saturated carbocycles. The summed E-state index contributed by atoms with van der Waals surface area (Å²) in [6.07, 6.45) is 11.4. The van der Waals surface area contributed by atoms with Crippen LogP contribution < -0.4 is 10.2 Å². The van der Waals surface area contributed by atoms with Crippen molar-refractivity contribution in [2.24, 2.45) is 5.92 Å². The van der Waals surface area contributed by atoms with Gasteiger partial charge in [0, 0.05) is 19.1 Å². The van der Waals surface area contributed by atoms with Crippen molar-refractivity contribution in [2.45, 2.75) is 57.9 Å². The minimum Gasteiger partial charge on any atom is -0.381 e. The zero-order chi connectivity index (χ0) is 13.8. The second-order valence-electron chi connectivity index (χ2n) is 6.30. The molecule has 1 aromatic rings. The third-order valence-corrected chi connectivity index (χ3v) is 4.96. The first kappa shape index (κ1) is 13.7. The Morgan fingerprint density at radius 1 is 1.15 bits per heavy atom. The summed E-state index contributed by atoms with van der Waals surface area (Å²) < 4.78 is 0. The Balaban J connectivity index is 1.62. The molecule has 1 aliphatic heterocycles. The van der Waals surface area contributed by atoms with Crippen molar-refractivity contribution in [2.75, 3.05) is 23.3 Å². The van der Waals surface area contributed by atoms with Crippen molar-refractivity contribution in [3.63, 3.8) is 0 Å². The van der Waals surface area contributed by atoms with E-state index < -0.39 is 0 Å². The lowest BCUT2D eigenvalue weighted by Crippen LogP contribution is -2.31. The second-order valence-corrected chi connectivity index (χ2v) is 6.30. The molecule has 2 fully saturated rings. The van der Waals surface area contributed by atoms with E-state index in [-0.39, 0.29) is 0 Å². The van der Waals surface area contributed by atoms with Crippen molar-refractivity contribution in [3.8, 4) is 0 Å². The number of rotatable bonds is 4. The lowest BCUT2D eigenvalue weighted by molar-refractivity contribution is 0.317. The Kier molecular flexibility index (Phi) is 4.44. The monoisotopic (exact) mass is 273 g/mol. The van der Waals surface area contributed by atoms with E-state index in [0.717, 1.165) is 11.7 Å². The van der Waals surface area contributed by atoms with Gasteiger partial charge in [-0.3, -0.25) is 0 Å². The fourth-order valence-corrected chi connectivity index (χ4v) is 3.71. The van der Waals surface area contributed by atoms with Crippen LogP contribution in [-0.4, -0.2) is 24.1 Å². The number of nitrogens with zero attached hydrogens (tertiary/aromatic N) is 2. The summed E-state index contributed by atoms with van der Waals surface area (Å²) in [5.74, 6) is 1.98.